The van der Waals surface area contributed by atoms with Gasteiger partial charge in [-0.05, 0) is 60.7 Å². The van der Waals surface area contributed by atoms with E-state index in [0.717, 1.165) is 4.90 Å². The number of nitrogens with one attached hydrogen (secondary N) is 1. The number of phenols is 1. The average molecular weight is 527 g/mol. The summed E-state index contributed by atoms with van der Waals surface area (Å²) in [6, 6.07) is 15.6. The van der Waals surface area contributed by atoms with Crippen molar-refractivity contribution >= 4 is 58.3 Å². The molecule has 36 heavy (non-hydrogen) atoms. The highest BCUT2D eigenvalue weighted by atomic mass is 35.5. The lowest BCUT2D eigenvalue weighted by atomic mass is 10.2. The van der Waals surface area contributed by atoms with Crippen LogP contribution >= 0.6 is 23.2 Å². The molecular weight excluding hydrogens is 511 g/mol. The normalized spacial score (nSPS) is 13.1. The van der Waals surface area contributed by atoms with Crippen molar-refractivity contribution < 1.29 is 33.8 Å². The van der Waals surface area contributed by atoms with E-state index in [0.29, 0.717) is 5.69 Å². The molecule has 1 aliphatic rings. The minimum Gasteiger partial charge on any atom is -0.506 e. The predicted octanol–water partition coefficient (Wildman–Crippen LogP) is 4.49. The van der Waals surface area contributed by atoms with Crippen LogP contribution in [0.2, 0.25) is 5.02 Å². The lowest BCUT2D eigenvalue weighted by Crippen LogP contribution is -2.32. The third kappa shape index (κ3) is 4.88. The van der Waals surface area contributed by atoms with Gasteiger partial charge in [0.05, 0.1) is 28.9 Å². The molecule has 2 N–H and O–H groups in total. The van der Waals surface area contributed by atoms with Gasteiger partial charge in [-0.25, -0.2) is 14.5 Å². The number of ether oxygens (including phenoxy) is 2. The summed E-state index contributed by atoms with van der Waals surface area (Å²) in [5, 5.41) is 12.2. The zero-order chi connectivity index (χ0) is 26.0. The molecule has 4 rings (SSSR count). The van der Waals surface area contributed by atoms with E-state index in [1.807, 2.05) is 0 Å². The Labute approximate surface area is 214 Å². The Morgan fingerprint density at radius 1 is 0.861 bits per heavy atom. The smallest absolute Gasteiger partial charge is 0.343 e. The first-order valence-corrected chi connectivity index (χ1v) is 11.0. The van der Waals surface area contributed by atoms with Gasteiger partial charge in [0.2, 0.25) is 0 Å². The first kappa shape index (κ1) is 24.8. The zero-order valence-electron chi connectivity index (χ0n) is 18.5. The van der Waals surface area contributed by atoms with Crippen LogP contribution in [0.15, 0.2) is 77.5 Å². The largest absolute Gasteiger partial charge is 0.506 e. The first-order valence-electron chi connectivity index (χ1n) is 10.2. The Balaban J connectivity index is 1.46. The summed E-state index contributed by atoms with van der Waals surface area (Å²) in [4.78, 5) is 50.5. The molecule has 1 heterocycles. The van der Waals surface area contributed by atoms with E-state index < -0.39 is 23.8 Å². The number of nitrogens with zero attached hydrogens (tertiary/aromatic N) is 1. The number of hydrogen-bond donors (Lipinski definition) is 2. The van der Waals surface area contributed by atoms with Gasteiger partial charge in [-0.2, -0.15) is 0 Å². The molecular formula is C25H16Cl2N2O7. The van der Waals surface area contributed by atoms with Crippen LogP contribution in [0.5, 0.6) is 11.5 Å². The van der Waals surface area contributed by atoms with Gasteiger partial charge < -0.3 is 19.9 Å². The lowest BCUT2D eigenvalue weighted by Gasteiger charge is -2.15. The predicted molar refractivity (Wildman–Crippen MR) is 131 cm³/mol. The van der Waals surface area contributed by atoms with Crippen LogP contribution in [-0.4, -0.2) is 36.0 Å². The summed E-state index contributed by atoms with van der Waals surface area (Å²) >= 11 is 11.9. The number of methoxy groups -OCH3 is 1. The van der Waals surface area contributed by atoms with Gasteiger partial charge in [0, 0.05) is 11.8 Å². The van der Waals surface area contributed by atoms with Crippen molar-refractivity contribution in [1.82, 2.24) is 0 Å². The Bertz CT molecular complexity index is 1420. The van der Waals surface area contributed by atoms with Gasteiger partial charge in [-0.3, -0.25) is 9.59 Å². The highest BCUT2D eigenvalue weighted by molar-refractivity contribution is 6.53. The molecule has 0 unspecified atom stereocenters. The highest BCUT2D eigenvalue weighted by Gasteiger charge is 2.39. The van der Waals surface area contributed by atoms with E-state index >= 15 is 0 Å². The number of halogens is 2. The van der Waals surface area contributed by atoms with E-state index in [9.17, 15) is 24.3 Å². The molecule has 1 aliphatic heterocycles. The molecule has 9 nitrogen and oxygen atoms in total. The fourth-order valence-corrected chi connectivity index (χ4v) is 3.60. The van der Waals surface area contributed by atoms with E-state index in [1.54, 1.807) is 0 Å². The molecule has 3 aromatic rings. The molecule has 182 valence electrons. The summed E-state index contributed by atoms with van der Waals surface area (Å²) < 4.78 is 9.84. The minimum atomic E-state index is -0.735. The van der Waals surface area contributed by atoms with Gasteiger partial charge in [0.25, 0.3) is 11.8 Å². The molecule has 0 bridgehead atoms. The number of amides is 2. The van der Waals surface area contributed by atoms with Crippen LogP contribution in [-0.2, 0) is 14.3 Å². The van der Waals surface area contributed by atoms with E-state index in [1.165, 1.54) is 73.8 Å². The maximum Gasteiger partial charge on any atom is 0.343 e. The van der Waals surface area contributed by atoms with Crippen molar-refractivity contribution in [3.8, 4) is 11.5 Å². The fourth-order valence-electron chi connectivity index (χ4n) is 3.27. The number of aromatic hydroxyl groups is 1. The van der Waals surface area contributed by atoms with E-state index in [2.05, 4.69) is 10.1 Å². The maximum absolute atomic E-state index is 12.9. The second-order valence-corrected chi connectivity index (χ2v) is 8.16. The van der Waals surface area contributed by atoms with Crippen molar-refractivity contribution in [2.75, 3.05) is 17.3 Å². The Hall–Kier alpha value is -4.34. The highest BCUT2D eigenvalue weighted by Crippen LogP contribution is 2.31. The maximum atomic E-state index is 12.9. The number of rotatable bonds is 6. The summed E-state index contributed by atoms with van der Waals surface area (Å²) in [6.45, 7) is 0. The minimum absolute atomic E-state index is 0.107. The molecule has 0 radical (unpaired) electrons. The van der Waals surface area contributed by atoms with Gasteiger partial charge in [-0.15, -0.1) is 0 Å². The Morgan fingerprint density at radius 3 is 2.08 bits per heavy atom. The number of phenolic OH excluding ortho intramolecular Hbond substituents is 1. The molecule has 11 heteroatoms. The number of hydrogen-bond acceptors (Lipinski definition) is 8. The average Bonchev–Trinajstić information content (AvgIpc) is 3.09. The first-order chi connectivity index (χ1) is 17.2. The second-order valence-electron chi connectivity index (χ2n) is 7.38. The standard InChI is InChI=1S/C25H16Cl2N2O7/c1-35-24(33)13-4-8-16(9-5-13)29-22(31)20(27)21(23(29)32)28-15-6-2-14(3-7-15)25(34)36-17-10-11-18(26)19(30)12-17/h2-12,28,30H,1H3. The number of carbonyl (C=O) groups is 4. The molecule has 0 saturated carbocycles. The van der Waals surface area contributed by atoms with Crippen molar-refractivity contribution in [3.63, 3.8) is 0 Å². The van der Waals surface area contributed by atoms with Crippen LogP contribution in [0, 0.1) is 0 Å². The topological polar surface area (TPSA) is 122 Å². The van der Waals surface area contributed by atoms with Crippen molar-refractivity contribution in [1.29, 1.82) is 0 Å². The molecule has 0 spiro atoms. The quantitative estimate of drug-likeness (QED) is 0.273. The van der Waals surface area contributed by atoms with Crippen LogP contribution in [0.1, 0.15) is 20.7 Å². The zero-order valence-corrected chi connectivity index (χ0v) is 20.0. The van der Waals surface area contributed by atoms with Crippen molar-refractivity contribution in [2.24, 2.45) is 0 Å². The van der Waals surface area contributed by atoms with Crippen LogP contribution in [0.25, 0.3) is 0 Å². The number of imide groups is 1. The number of carbonyl (C=O) groups excluding carboxylic acids is 4. The molecule has 3 aromatic carbocycles. The lowest BCUT2D eigenvalue weighted by molar-refractivity contribution is -0.120. The van der Waals surface area contributed by atoms with Crippen molar-refractivity contribution in [2.45, 2.75) is 0 Å². The summed E-state index contributed by atoms with van der Waals surface area (Å²) in [5.74, 6) is -2.79. The molecule has 0 fully saturated rings. The Kier molecular flexibility index (Phi) is 6.96. The van der Waals surface area contributed by atoms with Gasteiger partial charge in [-0.1, -0.05) is 23.2 Å². The molecule has 2 amide bonds. The van der Waals surface area contributed by atoms with Crippen molar-refractivity contribution in [3.05, 3.63) is 93.6 Å². The van der Waals surface area contributed by atoms with Gasteiger partial charge in [0.15, 0.2) is 0 Å². The summed E-state index contributed by atoms with van der Waals surface area (Å²) in [5.41, 5.74) is 0.901. The summed E-state index contributed by atoms with van der Waals surface area (Å²) in [6.07, 6.45) is 0. The van der Waals surface area contributed by atoms with Crippen LogP contribution in [0.4, 0.5) is 11.4 Å². The van der Waals surface area contributed by atoms with E-state index in [-0.39, 0.29) is 44.1 Å². The SMILES string of the molecule is COC(=O)c1ccc(N2C(=O)C(Cl)=C(Nc3ccc(C(=O)Oc4ccc(Cl)c(O)c4)cc3)C2=O)cc1. The third-order valence-electron chi connectivity index (χ3n) is 5.09. The molecule has 0 aliphatic carbocycles. The number of anilines is 2. The second kappa shape index (κ2) is 10.1. The molecule has 0 atom stereocenters. The monoisotopic (exact) mass is 526 g/mol. The number of benzene rings is 3. The van der Waals surface area contributed by atoms with Crippen LogP contribution < -0.4 is 15.0 Å². The number of esters is 2. The van der Waals surface area contributed by atoms with Crippen LogP contribution in [0.3, 0.4) is 0 Å². The Morgan fingerprint density at radius 2 is 1.47 bits per heavy atom. The fraction of sp³-hybridized carbons (Fsp3) is 0.0400. The third-order valence-corrected chi connectivity index (χ3v) is 5.76. The van der Waals surface area contributed by atoms with Gasteiger partial charge >= 0.3 is 11.9 Å². The van der Waals surface area contributed by atoms with E-state index in [4.69, 9.17) is 27.9 Å². The summed E-state index contributed by atoms with van der Waals surface area (Å²) in [7, 11) is 1.24. The molecule has 0 saturated heterocycles. The van der Waals surface area contributed by atoms with Gasteiger partial charge in [0.1, 0.15) is 22.2 Å². The molecule has 0 aromatic heterocycles.